The summed E-state index contributed by atoms with van der Waals surface area (Å²) in [6, 6.07) is 7.36. The number of halogens is 3. The van der Waals surface area contributed by atoms with Crippen LogP contribution < -0.4 is 16.0 Å². The second-order valence-corrected chi connectivity index (χ2v) is 8.52. The van der Waals surface area contributed by atoms with E-state index >= 15 is 0 Å². The molecule has 34 heavy (non-hydrogen) atoms. The van der Waals surface area contributed by atoms with Crippen LogP contribution in [0.2, 0.25) is 0 Å². The van der Waals surface area contributed by atoms with Crippen LogP contribution in [-0.4, -0.2) is 43.9 Å². The van der Waals surface area contributed by atoms with Gasteiger partial charge < -0.3 is 16.0 Å². The van der Waals surface area contributed by atoms with Crippen molar-refractivity contribution < 1.29 is 18.0 Å². The summed E-state index contributed by atoms with van der Waals surface area (Å²) in [6.45, 7) is 2.00. The predicted molar refractivity (Wildman–Crippen MR) is 123 cm³/mol. The Kier molecular flexibility index (Phi) is 6.71. The SMILES string of the molecule is Cc1cccc(Nc2ncc(-c3cnn(C)c3)c(NC3CCC(NC(=O)C(F)(F)F)CC3)n2)c1. The predicted octanol–water partition coefficient (Wildman–Crippen LogP) is 4.33. The van der Waals surface area contributed by atoms with Crippen molar-refractivity contribution in [2.24, 2.45) is 7.05 Å². The number of hydrogen-bond acceptors (Lipinski definition) is 6. The zero-order chi connectivity index (χ0) is 24.3. The van der Waals surface area contributed by atoms with E-state index in [1.165, 1.54) is 0 Å². The number of nitrogens with zero attached hydrogens (tertiary/aromatic N) is 4. The molecule has 0 bridgehead atoms. The summed E-state index contributed by atoms with van der Waals surface area (Å²) in [7, 11) is 1.82. The van der Waals surface area contributed by atoms with E-state index in [-0.39, 0.29) is 6.04 Å². The van der Waals surface area contributed by atoms with Gasteiger partial charge in [0, 0.05) is 48.3 Å². The summed E-state index contributed by atoms with van der Waals surface area (Å²) in [5.74, 6) is -0.849. The van der Waals surface area contributed by atoms with Gasteiger partial charge in [0.1, 0.15) is 5.82 Å². The molecule has 0 saturated heterocycles. The maximum Gasteiger partial charge on any atom is 0.471 e. The highest BCUT2D eigenvalue weighted by atomic mass is 19.4. The van der Waals surface area contributed by atoms with Crippen molar-refractivity contribution in [2.75, 3.05) is 10.6 Å². The second kappa shape index (κ2) is 9.70. The first kappa shape index (κ1) is 23.5. The molecule has 2 aromatic heterocycles. The van der Waals surface area contributed by atoms with Gasteiger partial charge in [-0.1, -0.05) is 12.1 Å². The molecular weight excluding hydrogens is 447 g/mol. The highest BCUT2D eigenvalue weighted by Gasteiger charge is 2.40. The minimum atomic E-state index is -4.87. The van der Waals surface area contributed by atoms with Gasteiger partial charge in [-0.25, -0.2) is 4.98 Å². The molecule has 1 fully saturated rings. The lowest BCUT2D eigenvalue weighted by molar-refractivity contribution is -0.174. The van der Waals surface area contributed by atoms with Gasteiger partial charge in [0.15, 0.2) is 0 Å². The number of amides is 1. The Hall–Kier alpha value is -3.63. The van der Waals surface area contributed by atoms with E-state index in [4.69, 9.17) is 0 Å². The van der Waals surface area contributed by atoms with Gasteiger partial charge in [0.2, 0.25) is 5.95 Å². The fourth-order valence-corrected chi connectivity index (χ4v) is 4.02. The summed E-state index contributed by atoms with van der Waals surface area (Å²) < 4.78 is 39.3. The normalized spacial score (nSPS) is 18.4. The van der Waals surface area contributed by atoms with Crippen LogP contribution in [0.3, 0.4) is 0 Å². The lowest BCUT2D eigenvalue weighted by Crippen LogP contribution is -2.45. The molecule has 0 spiro atoms. The van der Waals surface area contributed by atoms with Crippen LogP contribution in [0.1, 0.15) is 31.2 Å². The molecule has 11 heteroatoms. The highest BCUT2D eigenvalue weighted by Crippen LogP contribution is 2.30. The largest absolute Gasteiger partial charge is 0.471 e. The molecule has 1 aliphatic carbocycles. The van der Waals surface area contributed by atoms with Crippen LogP contribution in [0.25, 0.3) is 11.1 Å². The molecule has 3 N–H and O–H groups in total. The van der Waals surface area contributed by atoms with Crippen LogP contribution in [0.5, 0.6) is 0 Å². The third kappa shape index (κ3) is 5.83. The molecule has 8 nitrogen and oxygen atoms in total. The molecular formula is C23H26F3N7O. The Morgan fingerprint density at radius 2 is 1.85 bits per heavy atom. The van der Waals surface area contributed by atoms with Gasteiger partial charge >= 0.3 is 12.1 Å². The van der Waals surface area contributed by atoms with Crippen molar-refractivity contribution >= 4 is 23.4 Å². The number of rotatable bonds is 6. The first-order valence-electron chi connectivity index (χ1n) is 11.0. The smallest absolute Gasteiger partial charge is 0.367 e. The maximum atomic E-state index is 12.5. The number of hydrogen-bond donors (Lipinski definition) is 3. The van der Waals surface area contributed by atoms with Crippen molar-refractivity contribution in [2.45, 2.75) is 50.9 Å². The third-order valence-corrected chi connectivity index (χ3v) is 5.74. The van der Waals surface area contributed by atoms with Crippen LogP contribution in [0, 0.1) is 6.92 Å². The summed E-state index contributed by atoms with van der Waals surface area (Å²) in [4.78, 5) is 20.4. The number of carbonyl (C=O) groups is 1. The van der Waals surface area contributed by atoms with E-state index in [0.717, 1.165) is 22.4 Å². The lowest BCUT2D eigenvalue weighted by Gasteiger charge is -2.30. The van der Waals surface area contributed by atoms with Crippen molar-refractivity contribution in [1.29, 1.82) is 0 Å². The van der Waals surface area contributed by atoms with E-state index in [0.29, 0.717) is 37.4 Å². The number of aryl methyl sites for hydroxylation is 2. The molecule has 0 unspecified atom stereocenters. The van der Waals surface area contributed by atoms with Gasteiger partial charge in [-0.3, -0.25) is 9.48 Å². The zero-order valence-electron chi connectivity index (χ0n) is 18.9. The van der Waals surface area contributed by atoms with E-state index in [1.807, 2.05) is 44.4 Å². The van der Waals surface area contributed by atoms with Gasteiger partial charge in [-0.2, -0.15) is 23.3 Å². The number of nitrogens with one attached hydrogen (secondary N) is 3. The Morgan fingerprint density at radius 3 is 2.50 bits per heavy atom. The van der Waals surface area contributed by atoms with Crippen LogP contribution in [-0.2, 0) is 11.8 Å². The Balaban J connectivity index is 1.49. The van der Waals surface area contributed by atoms with Gasteiger partial charge in [-0.05, 0) is 50.3 Å². The van der Waals surface area contributed by atoms with Crippen LogP contribution in [0.15, 0.2) is 42.9 Å². The summed E-state index contributed by atoms with van der Waals surface area (Å²) in [5, 5.41) is 13.0. The second-order valence-electron chi connectivity index (χ2n) is 8.52. The summed E-state index contributed by atoms with van der Waals surface area (Å²) >= 11 is 0. The molecule has 1 aliphatic rings. The topological polar surface area (TPSA) is 96.8 Å². The van der Waals surface area contributed by atoms with Crippen LogP contribution >= 0.6 is 0 Å². The minimum Gasteiger partial charge on any atom is -0.367 e. The molecule has 2 heterocycles. The molecule has 0 radical (unpaired) electrons. The molecule has 0 atom stereocenters. The standard InChI is InChI=1S/C23H26F3N7O/c1-14-4-3-5-18(10-14)31-22-27-12-19(15-11-28-33(2)13-15)20(32-22)29-16-6-8-17(9-7-16)30-21(34)23(24,25)26/h3-5,10-13,16-17H,6-9H2,1-2H3,(H,30,34)(H2,27,29,31,32). The number of aromatic nitrogens is 4. The van der Waals surface area contributed by atoms with Crippen molar-refractivity contribution in [3.05, 3.63) is 48.4 Å². The van der Waals surface area contributed by atoms with Gasteiger partial charge in [0.25, 0.3) is 0 Å². The summed E-state index contributed by atoms with van der Waals surface area (Å²) in [6.07, 6.45) is 2.53. The quantitative estimate of drug-likeness (QED) is 0.493. The first-order chi connectivity index (χ1) is 16.2. The van der Waals surface area contributed by atoms with E-state index in [9.17, 15) is 18.0 Å². The van der Waals surface area contributed by atoms with Crippen LogP contribution in [0.4, 0.5) is 30.6 Å². The first-order valence-corrected chi connectivity index (χ1v) is 11.0. The highest BCUT2D eigenvalue weighted by molar-refractivity contribution is 5.82. The molecule has 180 valence electrons. The van der Waals surface area contributed by atoms with Crippen molar-refractivity contribution in [1.82, 2.24) is 25.1 Å². The van der Waals surface area contributed by atoms with E-state index < -0.39 is 18.1 Å². The average Bonchev–Trinajstić information content (AvgIpc) is 3.21. The molecule has 1 aromatic carbocycles. The monoisotopic (exact) mass is 473 g/mol. The number of carbonyl (C=O) groups excluding carboxylic acids is 1. The maximum absolute atomic E-state index is 12.5. The molecule has 1 saturated carbocycles. The Bertz CT molecular complexity index is 1150. The zero-order valence-corrected chi connectivity index (χ0v) is 18.9. The molecule has 3 aromatic rings. The van der Waals surface area contributed by atoms with Gasteiger partial charge in [-0.15, -0.1) is 0 Å². The lowest BCUT2D eigenvalue weighted by atomic mass is 9.91. The van der Waals surface area contributed by atoms with Crippen molar-refractivity contribution in [3.63, 3.8) is 0 Å². The molecule has 1 amide bonds. The molecule has 4 rings (SSSR count). The number of benzene rings is 1. The average molecular weight is 474 g/mol. The van der Waals surface area contributed by atoms with Gasteiger partial charge in [0.05, 0.1) is 6.20 Å². The minimum absolute atomic E-state index is 0.00354. The Labute approximate surface area is 195 Å². The third-order valence-electron chi connectivity index (χ3n) is 5.74. The van der Waals surface area contributed by atoms with E-state index in [2.05, 4.69) is 31.0 Å². The number of alkyl halides is 3. The van der Waals surface area contributed by atoms with Crippen molar-refractivity contribution in [3.8, 4) is 11.1 Å². The fourth-order valence-electron chi connectivity index (χ4n) is 4.02. The molecule has 0 aliphatic heterocycles. The fraction of sp³-hybridized carbons (Fsp3) is 0.391. The number of anilines is 3. The summed E-state index contributed by atoms with van der Waals surface area (Å²) in [5.41, 5.74) is 3.58. The van der Waals surface area contributed by atoms with E-state index in [1.54, 1.807) is 17.1 Å². The Morgan fingerprint density at radius 1 is 1.12 bits per heavy atom.